The Morgan fingerprint density at radius 3 is 2.36 bits per heavy atom. The van der Waals surface area contributed by atoms with Gasteiger partial charge in [-0.1, -0.05) is 0 Å². The van der Waals surface area contributed by atoms with Crippen molar-refractivity contribution in [3.63, 3.8) is 0 Å². The van der Waals surface area contributed by atoms with E-state index in [4.69, 9.17) is 14.2 Å². The molecule has 0 aromatic carbocycles. The average molecular weight is 315 g/mol. The largest absolute Gasteiger partial charge is 0.444 e. The van der Waals surface area contributed by atoms with E-state index in [1.807, 2.05) is 0 Å². The van der Waals surface area contributed by atoms with Crippen molar-refractivity contribution in [1.29, 1.82) is 0 Å². The summed E-state index contributed by atoms with van der Waals surface area (Å²) in [7, 11) is 3.14. The Morgan fingerprint density at radius 2 is 1.95 bits per heavy atom. The highest BCUT2D eigenvalue weighted by atomic mass is 16.6. The highest BCUT2D eigenvalue weighted by molar-refractivity contribution is 5.78. The molecule has 22 heavy (non-hydrogen) atoms. The zero-order chi connectivity index (χ0) is 17.0. The van der Waals surface area contributed by atoms with E-state index in [9.17, 15) is 9.59 Å². The lowest BCUT2D eigenvalue weighted by molar-refractivity contribution is -0.184. The van der Waals surface area contributed by atoms with Gasteiger partial charge in [0.2, 0.25) is 0 Å². The molecular formula is C16H29NO5. The van der Waals surface area contributed by atoms with E-state index in [1.165, 1.54) is 4.90 Å². The second-order valence-electron chi connectivity index (χ2n) is 7.04. The van der Waals surface area contributed by atoms with Gasteiger partial charge in [-0.15, -0.1) is 0 Å². The van der Waals surface area contributed by atoms with Crippen molar-refractivity contribution in [3.8, 4) is 0 Å². The van der Waals surface area contributed by atoms with Crippen molar-refractivity contribution >= 4 is 12.4 Å². The quantitative estimate of drug-likeness (QED) is 0.729. The van der Waals surface area contributed by atoms with Crippen LogP contribution in [0.25, 0.3) is 0 Å². The van der Waals surface area contributed by atoms with E-state index in [-0.39, 0.29) is 6.61 Å². The number of ether oxygens (including phenoxy) is 3. The predicted octanol–water partition coefficient (Wildman–Crippen LogP) is 2.40. The van der Waals surface area contributed by atoms with Gasteiger partial charge in [0.1, 0.15) is 23.0 Å². The van der Waals surface area contributed by atoms with Crippen LogP contribution in [0.1, 0.15) is 47.0 Å². The van der Waals surface area contributed by atoms with Gasteiger partial charge in [0.15, 0.2) is 0 Å². The molecule has 0 radical (unpaired) electrons. The molecule has 0 N–H and O–H groups in total. The summed E-state index contributed by atoms with van der Waals surface area (Å²) >= 11 is 0. The Kier molecular flexibility index (Phi) is 5.98. The van der Waals surface area contributed by atoms with Gasteiger partial charge >= 0.3 is 6.09 Å². The maximum Gasteiger partial charge on any atom is 0.410 e. The Labute approximate surface area is 133 Å². The van der Waals surface area contributed by atoms with Crippen molar-refractivity contribution in [2.45, 2.75) is 63.7 Å². The summed E-state index contributed by atoms with van der Waals surface area (Å²) in [5.74, 6) is 0. The molecule has 0 spiro atoms. The summed E-state index contributed by atoms with van der Waals surface area (Å²) in [6.07, 6.45) is 2.74. The lowest BCUT2D eigenvalue weighted by Crippen LogP contribution is -2.68. The number of nitrogens with zero attached hydrogens (tertiary/aromatic N) is 1. The molecular weight excluding hydrogens is 286 g/mol. The molecule has 1 aliphatic heterocycles. The van der Waals surface area contributed by atoms with Gasteiger partial charge in [-0.3, -0.25) is 4.90 Å². The van der Waals surface area contributed by atoms with Crippen molar-refractivity contribution in [2.24, 2.45) is 0 Å². The van der Waals surface area contributed by atoms with Crippen molar-refractivity contribution in [2.75, 3.05) is 27.4 Å². The van der Waals surface area contributed by atoms with Crippen molar-refractivity contribution < 1.29 is 23.8 Å². The van der Waals surface area contributed by atoms with E-state index in [1.54, 1.807) is 41.9 Å². The van der Waals surface area contributed by atoms with Crippen molar-refractivity contribution in [3.05, 3.63) is 0 Å². The topological polar surface area (TPSA) is 65.1 Å². The van der Waals surface area contributed by atoms with Gasteiger partial charge in [0.05, 0.1) is 6.61 Å². The first-order valence-electron chi connectivity index (χ1n) is 7.68. The van der Waals surface area contributed by atoms with Crippen LogP contribution in [0.2, 0.25) is 0 Å². The monoisotopic (exact) mass is 315 g/mol. The molecule has 0 saturated carbocycles. The Hall–Kier alpha value is -1.14. The highest BCUT2D eigenvalue weighted by Crippen LogP contribution is 2.38. The SMILES string of the molecule is COCC1(C(C)(C=O)N(C)C(=O)OC(C)(C)C)CCCCO1. The number of aldehydes is 1. The molecule has 1 rings (SSSR count). The maximum absolute atomic E-state index is 12.4. The molecule has 1 fully saturated rings. The summed E-state index contributed by atoms with van der Waals surface area (Å²) in [6, 6.07) is 0. The minimum absolute atomic E-state index is 0.245. The van der Waals surface area contributed by atoms with Crippen LogP contribution >= 0.6 is 0 Å². The van der Waals surface area contributed by atoms with E-state index >= 15 is 0 Å². The number of likely N-dealkylation sites (N-methyl/N-ethyl adjacent to an activating group) is 1. The third-order valence-corrected chi connectivity index (χ3v) is 4.25. The van der Waals surface area contributed by atoms with Gasteiger partial charge in [-0.2, -0.15) is 0 Å². The summed E-state index contributed by atoms with van der Waals surface area (Å²) in [4.78, 5) is 25.7. The Bertz CT molecular complexity index is 392. The normalized spacial score (nSPS) is 25.2. The fourth-order valence-corrected chi connectivity index (χ4v) is 2.76. The van der Waals surface area contributed by atoms with Crippen LogP contribution in [-0.2, 0) is 19.0 Å². The predicted molar refractivity (Wildman–Crippen MR) is 82.9 cm³/mol. The van der Waals surface area contributed by atoms with Crippen LogP contribution in [0.4, 0.5) is 4.79 Å². The van der Waals surface area contributed by atoms with Crippen LogP contribution < -0.4 is 0 Å². The number of amides is 1. The second-order valence-corrected chi connectivity index (χ2v) is 7.04. The first-order chi connectivity index (χ1) is 10.1. The zero-order valence-corrected chi connectivity index (χ0v) is 14.6. The molecule has 1 saturated heterocycles. The average Bonchev–Trinajstić information content (AvgIpc) is 2.45. The van der Waals surface area contributed by atoms with Gasteiger partial charge in [0.25, 0.3) is 0 Å². The van der Waals surface area contributed by atoms with E-state index in [2.05, 4.69) is 0 Å². The molecule has 128 valence electrons. The summed E-state index contributed by atoms with van der Waals surface area (Å²) < 4.78 is 16.7. The molecule has 1 heterocycles. The minimum Gasteiger partial charge on any atom is -0.444 e. The number of carbonyl (C=O) groups excluding carboxylic acids is 2. The smallest absolute Gasteiger partial charge is 0.410 e. The van der Waals surface area contributed by atoms with E-state index < -0.39 is 22.8 Å². The first-order valence-corrected chi connectivity index (χ1v) is 7.68. The van der Waals surface area contributed by atoms with Crippen LogP contribution in [-0.4, -0.2) is 61.4 Å². The van der Waals surface area contributed by atoms with Crippen LogP contribution in [0.15, 0.2) is 0 Å². The van der Waals surface area contributed by atoms with E-state index in [0.29, 0.717) is 13.0 Å². The third kappa shape index (κ3) is 3.79. The first kappa shape index (κ1) is 18.9. The summed E-state index contributed by atoms with van der Waals surface area (Å²) in [6.45, 7) is 7.87. The molecule has 0 aromatic rings. The molecule has 0 bridgehead atoms. The maximum atomic E-state index is 12.4. The second kappa shape index (κ2) is 6.96. The van der Waals surface area contributed by atoms with E-state index in [0.717, 1.165) is 19.1 Å². The van der Waals surface area contributed by atoms with Crippen molar-refractivity contribution in [1.82, 2.24) is 4.90 Å². The molecule has 6 nitrogen and oxygen atoms in total. The molecule has 0 aliphatic carbocycles. The van der Waals surface area contributed by atoms with Gasteiger partial charge in [0, 0.05) is 20.8 Å². The molecule has 1 aliphatic rings. The molecule has 2 atom stereocenters. The van der Waals surface area contributed by atoms with Gasteiger partial charge < -0.3 is 19.0 Å². The number of hydrogen-bond acceptors (Lipinski definition) is 5. The highest BCUT2D eigenvalue weighted by Gasteiger charge is 2.55. The summed E-state index contributed by atoms with van der Waals surface area (Å²) in [5, 5.41) is 0. The van der Waals surface area contributed by atoms with Crippen LogP contribution in [0, 0.1) is 0 Å². The molecule has 1 amide bonds. The molecule has 2 unspecified atom stereocenters. The minimum atomic E-state index is -1.16. The number of hydrogen-bond donors (Lipinski definition) is 0. The number of carbonyl (C=O) groups is 2. The lowest BCUT2D eigenvalue weighted by atomic mass is 9.76. The third-order valence-electron chi connectivity index (χ3n) is 4.25. The zero-order valence-electron chi connectivity index (χ0n) is 14.6. The fourth-order valence-electron chi connectivity index (χ4n) is 2.76. The van der Waals surface area contributed by atoms with Gasteiger partial charge in [-0.05, 0) is 47.0 Å². The standard InChI is InChI=1S/C16H29NO5/c1-14(2,3)22-13(19)17(5)15(4,11-18)16(12-20-6)9-7-8-10-21-16/h11H,7-10,12H2,1-6H3. The fraction of sp³-hybridized carbons (Fsp3) is 0.875. The van der Waals surface area contributed by atoms with Crippen LogP contribution in [0.3, 0.4) is 0 Å². The number of methoxy groups -OCH3 is 1. The van der Waals surface area contributed by atoms with Gasteiger partial charge in [-0.25, -0.2) is 4.79 Å². The Morgan fingerprint density at radius 1 is 1.32 bits per heavy atom. The number of rotatable bonds is 5. The Balaban J connectivity index is 3.10. The molecule has 6 heteroatoms. The summed E-state index contributed by atoms with van der Waals surface area (Å²) in [5.41, 5.74) is -2.64. The lowest BCUT2D eigenvalue weighted by Gasteiger charge is -2.50. The molecule has 0 aromatic heterocycles. The van der Waals surface area contributed by atoms with Crippen LogP contribution in [0.5, 0.6) is 0 Å².